The SMILES string of the molecule is Cc1nc(-c2ccc(CCNC(=O)c3ccc(SCc4cccnc4)cc3)cc2)cs1. The van der Waals surface area contributed by atoms with E-state index in [0.29, 0.717) is 12.1 Å². The van der Waals surface area contributed by atoms with Crippen LogP contribution in [0.15, 0.2) is 83.3 Å². The lowest BCUT2D eigenvalue weighted by atomic mass is 10.1. The molecule has 2 aromatic heterocycles. The zero-order valence-corrected chi connectivity index (χ0v) is 18.9. The van der Waals surface area contributed by atoms with Gasteiger partial charge in [-0.1, -0.05) is 30.3 Å². The fraction of sp³-hybridized carbons (Fsp3) is 0.160. The molecule has 0 aliphatic heterocycles. The van der Waals surface area contributed by atoms with Crippen LogP contribution in [0, 0.1) is 6.92 Å². The van der Waals surface area contributed by atoms with E-state index >= 15 is 0 Å². The highest BCUT2D eigenvalue weighted by Crippen LogP contribution is 2.23. The minimum atomic E-state index is -0.0432. The first-order valence-corrected chi connectivity index (χ1v) is 12.0. The molecule has 156 valence electrons. The van der Waals surface area contributed by atoms with Crippen LogP contribution in [0.25, 0.3) is 11.3 Å². The Morgan fingerprint density at radius 3 is 2.52 bits per heavy atom. The number of carbonyl (C=O) groups excluding carboxylic acids is 1. The Morgan fingerprint density at radius 2 is 1.84 bits per heavy atom. The molecule has 4 aromatic rings. The lowest BCUT2D eigenvalue weighted by molar-refractivity contribution is 0.0954. The van der Waals surface area contributed by atoms with Crippen molar-refractivity contribution in [2.24, 2.45) is 0 Å². The minimum Gasteiger partial charge on any atom is -0.352 e. The predicted molar refractivity (Wildman–Crippen MR) is 129 cm³/mol. The van der Waals surface area contributed by atoms with Crippen LogP contribution in [-0.2, 0) is 12.2 Å². The van der Waals surface area contributed by atoms with Crippen molar-refractivity contribution in [1.82, 2.24) is 15.3 Å². The van der Waals surface area contributed by atoms with E-state index < -0.39 is 0 Å². The molecule has 4 nitrogen and oxygen atoms in total. The van der Waals surface area contributed by atoms with E-state index in [1.165, 1.54) is 11.1 Å². The molecule has 1 amide bonds. The Labute approximate surface area is 190 Å². The summed E-state index contributed by atoms with van der Waals surface area (Å²) in [4.78, 5) is 22.2. The van der Waals surface area contributed by atoms with Gasteiger partial charge in [0.2, 0.25) is 0 Å². The standard InChI is InChI=1S/C25H23N3OS2/c1-18-28-24(17-30-18)21-6-4-19(5-7-21)12-14-27-25(29)22-8-10-23(11-9-22)31-16-20-3-2-13-26-15-20/h2-11,13,15,17H,12,14,16H2,1H3,(H,27,29). The van der Waals surface area contributed by atoms with Gasteiger partial charge in [-0.05, 0) is 54.8 Å². The zero-order chi connectivity index (χ0) is 21.5. The van der Waals surface area contributed by atoms with E-state index in [1.807, 2.05) is 43.5 Å². The van der Waals surface area contributed by atoms with Crippen LogP contribution in [0.2, 0.25) is 0 Å². The summed E-state index contributed by atoms with van der Waals surface area (Å²) in [6, 6.07) is 20.1. The number of pyridine rings is 1. The van der Waals surface area contributed by atoms with Gasteiger partial charge in [-0.15, -0.1) is 23.1 Å². The molecule has 0 atom stereocenters. The number of amides is 1. The van der Waals surface area contributed by atoms with Crippen LogP contribution >= 0.6 is 23.1 Å². The van der Waals surface area contributed by atoms with Gasteiger partial charge in [0, 0.05) is 46.1 Å². The highest BCUT2D eigenvalue weighted by molar-refractivity contribution is 7.98. The summed E-state index contributed by atoms with van der Waals surface area (Å²) < 4.78 is 0. The van der Waals surface area contributed by atoms with Crippen LogP contribution in [0.1, 0.15) is 26.5 Å². The Hall–Kier alpha value is -2.96. The number of aryl methyl sites for hydroxylation is 1. The van der Waals surface area contributed by atoms with Gasteiger partial charge in [-0.25, -0.2) is 4.98 Å². The number of benzene rings is 2. The zero-order valence-electron chi connectivity index (χ0n) is 17.2. The second kappa shape index (κ2) is 10.4. The number of rotatable bonds is 8. The molecule has 0 saturated heterocycles. The lowest BCUT2D eigenvalue weighted by Gasteiger charge is -2.07. The summed E-state index contributed by atoms with van der Waals surface area (Å²) in [6.07, 6.45) is 4.45. The van der Waals surface area contributed by atoms with Crippen molar-refractivity contribution in [3.05, 3.63) is 100 Å². The average molecular weight is 446 g/mol. The van der Waals surface area contributed by atoms with Crippen molar-refractivity contribution < 1.29 is 4.79 Å². The van der Waals surface area contributed by atoms with Gasteiger partial charge < -0.3 is 5.32 Å². The van der Waals surface area contributed by atoms with E-state index in [1.54, 1.807) is 29.3 Å². The number of nitrogens with zero attached hydrogens (tertiary/aromatic N) is 2. The quantitative estimate of drug-likeness (QED) is 0.349. The number of aromatic nitrogens is 2. The minimum absolute atomic E-state index is 0.0432. The highest BCUT2D eigenvalue weighted by Gasteiger charge is 2.06. The molecular formula is C25H23N3OS2. The molecule has 0 fully saturated rings. The summed E-state index contributed by atoms with van der Waals surface area (Å²) in [6.45, 7) is 2.62. The summed E-state index contributed by atoms with van der Waals surface area (Å²) in [7, 11) is 0. The topological polar surface area (TPSA) is 54.9 Å². The molecule has 1 N–H and O–H groups in total. The Bertz CT molecular complexity index is 1120. The third-order valence-electron chi connectivity index (χ3n) is 4.81. The maximum atomic E-state index is 12.4. The first-order valence-electron chi connectivity index (χ1n) is 10.1. The van der Waals surface area contributed by atoms with Crippen molar-refractivity contribution in [2.75, 3.05) is 6.54 Å². The molecule has 0 aliphatic carbocycles. The van der Waals surface area contributed by atoms with Gasteiger partial charge in [0.25, 0.3) is 5.91 Å². The second-order valence-electron chi connectivity index (χ2n) is 7.13. The molecule has 4 rings (SSSR count). The largest absolute Gasteiger partial charge is 0.352 e. The Morgan fingerprint density at radius 1 is 1.03 bits per heavy atom. The normalized spacial score (nSPS) is 10.7. The lowest BCUT2D eigenvalue weighted by Crippen LogP contribution is -2.25. The van der Waals surface area contributed by atoms with Crippen molar-refractivity contribution in [2.45, 2.75) is 24.0 Å². The number of thiazole rings is 1. The molecule has 0 radical (unpaired) electrons. The summed E-state index contributed by atoms with van der Waals surface area (Å²) in [5.41, 5.74) is 5.20. The van der Waals surface area contributed by atoms with Crippen LogP contribution in [-0.4, -0.2) is 22.4 Å². The van der Waals surface area contributed by atoms with E-state index in [2.05, 4.69) is 51.0 Å². The van der Waals surface area contributed by atoms with E-state index in [4.69, 9.17) is 0 Å². The number of carbonyl (C=O) groups is 1. The smallest absolute Gasteiger partial charge is 0.251 e. The Kier molecular flexibility index (Phi) is 7.12. The van der Waals surface area contributed by atoms with Gasteiger partial charge in [-0.3, -0.25) is 9.78 Å². The maximum absolute atomic E-state index is 12.4. The van der Waals surface area contributed by atoms with Crippen molar-refractivity contribution in [1.29, 1.82) is 0 Å². The van der Waals surface area contributed by atoms with E-state index in [9.17, 15) is 4.79 Å². The van der Waals surface area contributed by atoms with Crippen molar-refractivity contribution in [3.8, 4) is 11.3 Å². The van der Waals surface area contributed by atoms with E-state index in [0.717, 1.165) is 33.3 Å². The molecule has 2 heterocycles. The van der Waals surface area contributed by atoms with Crippen LogP contribution in [0.3, 0.4) is 0 Å². The van der Waals surface area contributed by atoms with Gasteiger partial charge >= 0.3 is 0 Å². The maximum Gasteiger partial charge on any atom is 0.251 e. The number of hydrogen-bond acceptors (Lipinski definition) is 5. The molecule has 0 aliphatic rings. The van der Waals surface area contributed by atoms with Gasteiger partial charge in [-0.2, -0.15) is 0 Å². The molecule has 0 unspecified atom stereocenters. The van der Waals surface area contributed by atoms with Crippen molar-refractivity contribution >= 4 is 29.0 Å². The molecule has 31 heavy (non-hydrogen) atoms. The summed E-state index contributed by atoms with van der Waals surface area (Å²) in [5, 5.41) is 6.16. The number of thioether (sulfide) groups is 1. The molecule has 0 saturated carbocycles. The number of nitrogens with one attached hydrogen (secondary N) is 1. The third-order valence-corrected chi connectivity index (χ3v) is 6.67. The van der Waals surface area contributed by atoms with Crippen LogP contribution < -0.4 is 5.32 Å². The molecule has 6 heteroatoms. The van der Waals surface area contributed by atoms with E-state index in [-0.39, 0.29) is 5.91 Å². The first kappa shape index (κ1) is 21.3. The predicted octanol–water partition coefficient (Wildman–Crippen LogP) is 5.78. The number of hydrogen-bond donors (Lipinski definition) is 1. The van der Waals surface area contributed by atoms with Crippen LogP contribution in [0.5, 0.6) is 0 Å². The van der Waals surface area contributed by atoms with Gasteiger partial charge in [0.15, 0.2) is 0 Å². The first-order chi connectivity index (χ1) is 15.2. The van der Waals surface area contributed by atoms with Crippen LogP contribution in [0.4, 0.5) is 0 Å². The fourth-order valence-corrected chi connectivity index (χ4v) is 4.57. The van der Waals surface area contributed by atoms with Gasteiger partial charge in [0.1, 0.15) is 0 Å². The van der Waals surface area contributed by atoms with Gasteiger partial charge in [0.05, 0.1) is 10.7 Å². The summed E-state index contributed by atoms with van der Waals surface area (Å²) >= 11 is 3.39. The highest BCUT2D eigenvalue weighted by atomic mass is 32.2. The molecular weight excluding hydrogens is 422 g/mol. The second-order valence-corrected chi connectivity index (χ2v) is 9.24. The summed E-state index contributed by atoms with van der Waals surface area (Å²) in [5.74, 6) is 0.818. The molecule has 0 spiro atoms. The molecule has 0 bridgehead atoms. The third kappa shape index (κ3) is 6.03. The average Bonchev–Trinajstić information content (AvgIpc) is 3.25. The monoisotopic (exact) mass is 445 g/mol. The Balaban J connectivity index is 1.24. The fourth-order valence-electron chi connectivity index (χ4n) is 3.11. The molecule has 2 aromatic carbocycles. The van der Waals surface area contributed by atoms with Crippen molar-refractivity contribution in [3.63, 3.8) is 0 Å².